The summed E-state index contributed by atoms with van der Waals surface area (Å²) in [6.07, 6.45) is 9.82. The quantitative estimate of drug-likeness (QED) is 0.433. The van der Waals surface area contributed by atoms with Crippen molar-refractivity contribution in [2.75, 3.05) is 39.8 Å². The molecule has 0 aromatic heterocycles. The molecule has 0 amide bonds. The van der Waals surface area contributed by atoms with Crippen LogP contribution in [0.4, 0.5) is 0 Å². The third-order valence-corrected chi connectivity index (χ3v) is 5.99. The summed E-state index contributed by atoms with van der Waals surface area (Å²) in [5, 5.41) is 3.60. The lowest BCUT2D eigenvalue weighted by molar-refractivity contribution is 0.151. The predicted molar refractivity (Wildman–Crippen MR) is 104 cm³/mol. The van der Waals surface area contributed by atoms with Gasteiger partial charge in [-0.25, -0.2) is 0 Å². The molecular weight excluding hydrogens is 387 g/mol. The lowest BCUT2D eigenvalue weighted by Crippen LogP contribution is -2.46. The zero-order valence-corrected chi connectivity index (χ0v) is 16.6. The van der Waals surface area contributed by atoms with Gasteiger partial charge in [-0.2, -0.15) is 0 Å². The molecule has 3 rings (SSSR count). The molecule has 0 radical (unpaired) electrons. The van der Waals surface area contributed by atoms with Gasteiger partial charge >= 0.3 is 0 Å². The van der Waals surface area contributed by atoms with E-state index in [2.05, 4.69) is 27.0 Å². The second-order valence-corrected chi connectivity index (χ2v) is 7.38. The standard InChI is InChI=1S/C17H32N4.HI/c1-15-6-3-4-11-20(15)13-10-19-16(18-2)21-12-9-17(14-21)7-5-8-17;/h15H,3-14H2,1-2H3,(H,18,19);1H. The highest BCUT2D eigenvalue weighted by atomic mass is 127. The molecule has 0 aromatic rings. The van der Waals surface area contributed by atoms with Crippen LogP contribution in [0.25, 0.3) is 0 Å². The van der Waals surface area contributed by atoms with Gasteiger partial charge in [0.05, 0.1) is 0 Å². The van der Waals surface area contributed by atoms with E-state index in [1.807, 2.05) is 7.05 Å². The van der Waals surface area contributed by atoms with Crippen molar-refractivity contribution in [3.05, 3.63) is 0 Å². The van der Waals surface area contributed by atoms with Gasteiger partial charge in [-0.05, 0) is 51.0 Å². The SMILES string of the molecule is CN=C(NCCN1CCCCC1C)N1CCC2(CCC2)C1.I. The van der Waals surface area contributed by atoms with E-state index < -0.39 is 0 Å². The summed E-state index contributed by atoms with van der Waals surface area (Å²) in [5.41, 5.74) is 0.652. The molecule has 1 spiro atoms. The van der Waals surface area contributed by atoms with Crippen LogP contribution in [0, 0.1) is 5.41 Å². The first-order valence-electron chi connectivity index (χ1n) is 8.92. The number of hydrogen-bond acceptors (Lipinski definition) is 2. The highest BCUT2D eigenvalue weighted by Gasteiger charge is 2.43. The van der Waals surface area contributed by atoms with Crippen LogP contribution in [0.1, 0.15) is 51.9 Å². The molecule has 1 aliphatic carbocycles. The summed E-state index contributed by atoms with van der Waals surface area (Å²) in [4.78, 5) is 9.62. The van der Waals surface area contributed by atoms with Crippen LogP contribution in [-0.4, -0.2) is 61.6 Å². The van der Waals surface area contributed by atoms with Crippen molar-refractivity contribution >= 4 is 29.9 Å². The third kappa shape index (κ3) is 4.08. The van der Waals surface area contributed by atoms with E-state index >= 15 is 0 Å². The van der Waals surface area contributed by atoms with Crippen molar-refractivity contribution in [1.29, 1.82) is 0 Å². The summed E-state index contributed by atoms with van der Waals surface area (Å²) in [6, 6.07) is 0.757. The van der Waals surface area contributed by atoms with Crippen LogP contribution in [0.2, 0.25) is 0 Å². The Balaban J connectivity index is 0.00000176. The van der Waals surface area contributed by atoms with E-state index in [1.165, 1.54) is 64.6 Å². The molecule has 1 atom stereocenters. The molecule has 0 bridgehead atoms. The first-order valence-corrected chi connectivity index (χ1v) is 8.92. The largest absolute Gasteiger partial charge is 0.355 e. The van der Waals surface area contributed by atoms with E-state index in [0.29, 0.717) is 5.41 Å². The Hall–Kier alpha value is -0.0400. The molecular formula is C17H33IN4. The molecule has 3 aliphatic rings. The Morgan fingerprint density at radius 3 is 2.59 bits per heavy atom. The van der Waals surface area contributed by atoms with Gasteiger partial charge in [-0.1, -0.05) is 12.8 Å². The maximum Gasteiger partial charge on any atom is 0.193 e. The molecule has 128 valence electrons. The van der Waals surface area contributed by atoms with Crippen molar-refractivity contribution < 1.29 is 0 Å². The van der Waals surface area contributed by atoms with E-state index in [9.17, 15) is 0 Å². The minimum Gasteiger partial charge on any atom is -0.355 e. The molecule has 1 saturated carbocycles. The Labute approximate surface area is 153 Å². The average molecular weight is 420 g/mol. The summed E-state index contributed by atoms with van der Waals surface area (Å²) in [6.45, 7) is 8.25. The van der Waals surface area contributed by atoms with Gasteiger partial charge in [0, 0.05) is 39.3 Å². The number of hydrogen-bond donors (Lipinski definition) is 1. The Morgan fingerprint density at radius 1 is 1.18 bits per heavy atom. The maximum absolute atomic E-state index is 4.51. The van der Waals surface area contributed by atoms with E-state index in [0.717, 1.165) is 25.1 Å². The zero-order chi connectivity index (χ0) is 14.7. The second-order valence-electron chi connectivity index (χ2n) is 7.38. The Bertz CT molecular complexity index is 381. The maximum atomic E-state index is 4.51. The van der Waals surface area contributed by atoms with Crippen LogP contribution >= 0.6 is 24.0 Å². The zero-order valence-electron chi connectivity index (χ0n) is 14.3. The van der Waals surface area contributed by atoms with Crippen molar-refractivity contribution in [3.8, 4) is 0 Å². The molecule has 2 heterocycles. The number of rotatable bonds is 3. The first kappa shape index (κ1) is 18.3. The molecule has 2 aliphatic heterocycles. The van der Waals surface area contributed by atoms with Crippen LogP contribution < -0.4 is 5.32 Å². The summed E-state index contributed by atoms with van der Waals surface area (Å²) < 4.78 is 0. The number of nitrogens with zero attached hydrogens (tertiary/aromatic N) is 3. The van der Waals surface area contributed by atoms with Crippen molar-refractivity contribution in [2.24, 2.45) is 10.4 Å². The molecule has 3 fully saturated rings. The summed E-state index contributed by atoms with van der Waals surface area (Å²) >= 11 is 0. The van der Waals surface area contributed by atoms with Gasteiger partial charge in [-0.15, -0.1) is 24.0 Å². The van der Waals surface area contributed by atoms with Crippen LogP contribution in [0.5, 0.6) is 0 Å². The highest BCUT2D eigenvalue weighted by molar-refractivity contribution is 14.0. The number of nitrogens with one attached hydrogen (secondary N) is 1. The van der Waals surface area contributed by atoms with Gasteiger partial charge in [-0.3, -0.25) is 9.89 Å². The molecule has 4 nitrogen and oxygen atoms in total. The fourth-order valence-electron chi connectivity index (χ4n) is 4.33. The molecule has 5 heteroatoms. The molecule has 1 unspecified atom stereocenters. The van der Waals surface area contributed by atoms with E-state index in [-0.39, 0.29) is 24.0 Å². The highest BCUT2D eigenvalue weighted by Crippen LogP contribution is 2.47. The summed E-state index contributed by atoms with van der Waals surface area (Å²) in [7, 11) is 1.93. The van der Waals surface area contributed by atoms with Crippen LogP contribution in [0.3, 0.4) is 0 Å². The van der Waals surface area contributed by atoms with Crippen molar-refractivity contribution in [3.63, 3.8) is 0 Å². The molecule has 22 heavy (non-hydrogen) atoms. The van der Waals surface area contributed by atoms with E-state index in [1.54, 1.807) is 0 Å². The molecule has 2 saturated heterocycles. The van der Waals surface area contributed by atoms with Crippen LogP contribution in [0.15, 0.2) is 4.99 Å². The summed E-state index contributed by atoms with van der Waals surface area (Å²) in [5.74, 6) is 1.13. The number of aliphatic imine (C=N–C) groups is 1. The molecule has 1 N–H and O–H groups in total. The smallest absolute Gasteiger partial charge is 0.193 e. The van der Waals surface area contributed by atoms with Crippen LogP contribution in [-0.2, 0) is 0 Å². The number of halogens is 1. The number of guanidine groups is 1. The van der Waals surface area contributed by atoms with E-state index in [4.69, 9.17) is 0 Å². The third-order valence-electron chi connectivity index (χ3n) is 5.99. The minimum atomic E-state index is 0. The number of piperidine rings is 1. The lowest BCUT2D eigenvalue weighted by Gasteiger charge is -2.38. The minimum absolute atomic E-state index is 0. The Morgan fingerprint density at radius 2 is 2.00 bits per heavy atom. The Kier molecular flexibility index (Phi) is 6.80. The first-order chi connectivity index (χ1) is 10.2. The normalized spacial score (nSPS) is 28.4. The molecule has 0 aromatic carbocycles. The number of likely N-dealkylation sites (tertiary alicyclic amines) is 2. The fourth-order valence-corrected chi connectivity index (χ4v) is 4.33. The lowest BCUT2D eigenvalue weighted by atomic mass is 9.68. The second kappa shape index (κ2) is 8.18. The van der Waals surface area contributed by atoms with Crippen molar-refractivity contribution in [2.45, 2.75) is 57.9 Å². The van der Waals surface area contributed by atoms with Crippen molar-refractivity contribution in [1.82, 2.24) is 15.1 Å². The topological polar surface area (TPSA) is 30.9 Å². The van der Waals surface area contributed by atoms with Gasteiger partial charge in [0.25, 0.3) is 0 Å². The van der Waals surface area contributed by atoms with Gasteiger partial charge in [0.1, 0.15) is 0 Å². The van der Waals surface area contributed by atoms with Gasteiger partial charge in [0.15, 0.2) is 5.96 Å². The van der Waals surface area contributed by atoms with Gasteiger partial charge < -0.3 is 10.2 Å². The average Bonchev–Trinajstić information content (AvgIpc) is 2.91. The monoisotopic (exact) mass is 420 g/mol. The predicted octanol–water partition coefficient (Wildman–Crippen LogP) is 2.93. The fraction of sp³-hybridized carbons (Fsp3) is 0.941. The van der Waals surface area contributed by atoms with Gasteiger partial charge in [0.2, 0.25) is 0 Å².